The van der Waals surface area contributed by atoms with E-state index in [4.69, 9.17) is 4.74 Å². The van der Waals surface area contributed by atoms with Crippen LogP contribution in [0.3, 0.4) is 0 Å². The number of anilines is 2. The van der Waals surface area contributed by atoms with Crippen molar-refractivity contribution in [2.75, 3.05) is 17.2 Å². The predicted molar refractivity (Wildman–Crippen MR) is 132 cm³/mol. The maximum Gasteiger partial charge on any atom is 0.413 e. The molecule has 9 nitrogen and oxygen atoms in total. The highest BCUT2D eigenvalue weighted by molar-refractivity contribution is 6.39. The first-order valence-electron chi connectivity index (χ1n) is 12.6. The van der Waals surface area contributed by atoms with Gasteiger partial charge in [0.25, 0.3) is 0 Å². The van der Waals surface area contributed by atoms with Crippen LogP contribution in [0, 0.1) is 24.2 Å². The lowest BCUT2D eigenvalue weighted by Crippen LogP contribution is -2.59. The van der Waals surface area contributed by atoms with Gasteiger partial charge in [-0.15, -0.1) is 0 Å². The minimum absolute atomic E-state index is 0.0769. The molecular weight excluding hydrogens is 448 g/mol. The molecule has 3 N–H and O–H groups in total. The molecule has 3 amide bonds. The zero-order chi connectivity index (χ0) is 25.5. The van der Waals surface area contributed by atoms with Crippen molar-refractivity contribution in [1.29, 1.82) is 0 Å². The van der Waals surface area contributed by atoms with Crippen LogP contribution in [-0.2, 0) is 14.3 Å². The summed E-state index contributed by atoms with van der Waals surface area (Å²) < 4.78 is 5.25. The number of carbonyl (C=O) groups is 3. The topological polar surface area (TPSA) is 121 Å². The molecule has 2 heterocycles. The predicted octanol–water partition coefficient (Wildman–Crippen LogP) is 3.85. The van der Waals surface area contributed by atoms with E-state index in [2.05, 4.69) is 22.5 Å². The number of nitrogens with zero attached hydrogens (tertiary/aromatic N) is 2. The summed E-state index contributed by atoms with van der Waals surface area (Å²) in [4.78, 5) is 44.1. The molecule has 1 saturated heterocycles. The minimum atomic E-state index is -0.675. The van der Waals surface area contributed by atoms with Gasteiger partial charge in [-0.3, -0.25) is 14.9 Å². The number of aromatic nitrogens is 1. The van der Waals surface area contributed by atoms with E-state index in [1.54, 1.807) is 38.7 Å². The standard InChI is InChI=1S/C26H38N4O5/c1-15-6-7-20(17-9-26(10-17)11-19(31)12-26)30(14-15)23(33)22(32)28-18-8-16(2)21(27-13-18)29-24(34)35-25(3,4)5/h8,13,15,17,19-20,31H,6-7,9-12,14H2,1-5H3,(H,28,32)(H,27,29,34)/t15-,17?,19?,20+,26?/m0/s1. The van der Waals surface area contributed by atoms with Crippen molar-refractivity contribution < 1.29 is 24.2 Å². The smallest absolute Gasteiger partial charge is 0.413 e. The van der Waals surface area contributed by atoms with Crippen molar-refractivity contribution in [1.82, 2.24) is 9.88 Å². The minimum Gasteiger partial charge on any atom is -0.444 e. The maximum atomic E-state index is 13.2. The Hall–Kier alpha value is -2.68. The summed E-state index contributed by atoms with van der Waals surface area (Å²) in [6.07, 6.45) is 6.39. The van der Waals surface area contributed by atoms with Crippen molar-refractivity contribution in [2.24, 2.45) is 17.3 Å². The largest absolute Gasteiger partial charge is 0.444 e. The number of hydrogen-bond acceptors (Lipinski definition) is 6. The van der Waals surface area contributed by atoms with Crippen LogP contribution in [0.25, 0.3) is 0 Å². The first-order chi connectivity index (χ1) is 16.3. The molecule has 0 radical (unpaired) electrons. The molecule has 0 aromatic carbocycles. The zero-order valence-electron chi connectivity index (χ0n) is 21.4. The summed E-state index contributed by atoms with van der Waals surface area (Å²) in [7, 11) is 0. The number of pyridine rings is 1. The number of piperidine rings is 1. The summed E-state index contributed by atoms with van der Waals surface area (Å²) in [6, 6.07) is 1.74. The van der Waals surface area contributed by atoms with E-state index in [1.165, 1.54) is 6.20 Å². The molecule has 4 rings (SSSR count). The quantitative estimate of drug-likeness (QED) is 0.558. The van der Waals surface area contributed by atoms with Crippen LogP contribution in [0.5, 0.6) is 0 Å². The first-order valence-corrected chi connectivity index (χ1v) is 12.6. The molecule has 1 aliphatic heterocycles. The van der Waals surface area contributed by atoms with Crippen LogP contribution in [0.15, 0.2) is 12.3 Å². The molecule has 2 saturated carbocycles. The van der Waals surface area contributed by atoms with Crippen molar-refractivity contribution >= 4 is 29.4 Å². The number of carbonyl (C=O) groups excluding carboxylic acids is 3. The molecule has 1 spiro atoms. The number of aliphatic hydroxyl groups is 1. The van der Waals surface area contributed by atoms with Crippen LogP contribution < -0.4 is 10.6 Å². The number of aliphatic hydroxyl groups excluding tert-OH is 1. The van der Waals surface area contributed by atoms with E-state index in [1.807, 2.05) is 0 Å². The Morgan fingerprint density at radius 1 is 1.14 bits per heavy atom. The van der Waals surface area contributed by atoms with Gasteiger partial charge in [0.15, 0.2) is 0 Å². The Bertz CT molecular complexity index is 990. The van der Waals surface area contributed by atoms with Crippen LogP contribution >= 0.6 is 0 Å². The van der Waals surface area contributed by atoms with Gasteiger partial charge in [0.1, 0.15) is 11.4 Å². The Balaban J connectivity index is 1.37. The third-order valence-corrected chi connectivity index (χ3v) is 7.55. The number of rotatable bonds is 3. The van der Waals surface area contributed by atoms with Gasteiger partial charge in [-0.05, 0) is 95.1 Å². The molecule has 0 bridgehead atoms. The lowest BCUT2D eigenvalue weighted by Gasteiger charge is -2.60. The van der Waals surface area contributed by atoms with E-state index in [0.29, 0.717) is 35.4 Å². The van der Waals surface area contributed by atoms with E-state index in [9.17, 15) is 19.5 Å². The van der Waals surface area contributed by atoms with Crippen LogP contribution in [0.4, 0.5) is 16.3 Å². The number of amides is 3. The number of likely N-dealkylation sites (tertiary alicyclic amines) is 1. The highest BCUT2D eigenvalue weighted by Crippen LogP contribution is 2.60. The Morgan fingerprint density at radius 2 is 1.83 bits per heavy atom. The average molecular weight is 487 g/mol. The van der Waals surface area contributed by atoms with Crippen molar-refractivity contribution in [2.45, 2.75) is 90.9 Å². The molecule has 2 aliphatic carbocycles. The summed E-state index contributed by atoms with van der Waals surface area (Å²) in [6.45, 7) is 9.77. The second-order valence-corrected chi connectivity index (χ2v) is 11.9. The van der Waals surface area contributed by atoms with Crippen molar-refractivity contribution in [3.8, 4) is 0 Å². The molecule has 3 aliphatic rings. The summed E-state index contributed by atoms with van der Waals surface area (Å²) >= 11 is 0. The summed E-state index contributed by atoms with van der Waals surface area (Å²) in [5.41, 5.74) is 0.661. The molecule has 9 heteroatoms. The Labute approximate surface area is 207 Å². The molecule has 35 heavy (non-hydrogen) atoms. The van der Waals surface area contributed by atoms with E-state index >= 15 is 0 Å². The van der Waals surface area contributed by atoms with Gasteiger partial charge >= 0.3 is 17.9 Å². The Kier molecular flexibility index (Phi) is 6.83. The van der Waals surface area contributed by atoms with Gasteiger partial charge in [-0.25, -0.2) is 9.78 Å². The van der Waals surface area contributed by atoms with Gasteiger partial charge in [0.05, 0.1) is 18.0 Å². The van der Waals surface area contributed by atoms with Crippen LogP contribution in [-0.4, -0.2) is 57.2 Å². The second-order valence-electron chi connectivity index (χ2n) is 11.9. The maximum absolute atomic E-state index is 13.2. The Morgan fingerprint density at radius 3 is 2.43 bits per heavy atom. The SMILES string of the molecule is Cc1cc(NC(=O)C(=O)N2C[C@@H](C)CC[C@@H]2C2CC3(CC(O)C3)C2)cnc1NC(=O)OC(C)(C)C. The zero-order valence-corrected chi connectivity index (χ0v) is 21.4. The highest BCUT2D eigenvalue weighted by Gasteiger charge is 2.55. The fourth-order valence-corrected chi connectivity index (χ4v) is 5.98. The molecular formula is C26H38N4O5. The molecule has 3 fully saturated rings. The summed E-state index contributed by atoms with van der Waals surface area (Å²) in [5.74, 6) is -0.108. The van der Waals surface area contributed by atoms with E-state index in [0.717, 1.165) is 38.5 Å². The molecule has 192 valence electrons. The summed E-state index contributed by atoms with van der Waals surface area (Å²) in [5, 5.41) is 15.0. The molecule has 0 unspecified atom stereocenters. The van der Waals surface area contributed by atoms with Crippen LogP contribution in [0.1, 0.15) is 71.8 Å². The van der Waals surface area contributed by atoms with E-state index in [-0.39, 0.29) is 17.6 Å². The number of ether oxygens (including phenoxy) is 1. The van der Waals surface area contributed by atoms with Gasteiger partial charge in [-0.1, -0.05) is 6.92 Å². The number of hydrogen-bond donors (Lipinski definition) is 3. The van der Waals surface area contributed by atoms with Crippen molar-refractivity contribution in [3.63, 3.8) is 0 Å². The molecule has 1 aromatic heterocycles. The normalized spacial score (nSPS) is 30.2. The number of aryl methyl sites for hydroxylation is 1. The highest BCUT2D eigenvalue weighted by atomic mass is 16.6. The molecule has 1 aromatic rings. The second kappa shape index (κ2) is 9.41. The van der Waals surface area contributed by atoms with E-state index < -0.39 is 23.5 Å². The number of nitrogens with one attached hydrogen (secondary N) is 2. The van der Waals surface area contributed by atoms with Gasteiger partial charge in [-0.2, -0.15) is 0 Å². The molecule has 2 atom stereocenters. The third kappa shape index (κ3) is 5.77. The fraction of sp³-hybridized carbons (Fsp3) is 0.692. The lowest BCUT2D eigenvalue weighted by atomic mass is 9.49. The van der Waals surface area contributed by atoms with Gasteiger partial charge < -0.3 is 20.1 Å². The third-order valence-electron chi connectivity index (χ3n) is 7.55. The fourth-order valence-electron chi connectivity index (χ4n) is 5.98. The lowest BCUT2D eigenvalue weighted by molar-refractivity contribution is -0.157. The van der Waals surface area contributed by atoms with Crippen molar-refractivity contribution in [3.05, 3.63) is 17.8 Å². The van der Waals surface area contributed by atoms with Crippen LogP contribution in [0.2, 0.25) is 0 Å². The van der Waals surface area contributed by atoms with Gasteiger partial charge in [0, 0.05) is 12.6 Å². The average Bonchev–Trinajstić information content (AvgIpc) is 2.70. The monoisotopic (exact) mass is 486 g/mol. The van der Waals surface area contributed by atoms with Gasteiger partial charge in [0.2, 0.25) is 0 Å². The first kappa shape index (κ1) is 25.4.